The van der Waals surface area contributed by atoms with E-state index >= 15 is 0 Å². The van der Waals surface area contributed by atoms with Gasteiger partial charge in [-0.2, -0.15) is 0 Å². The monoisotopic (exact) mass is 476 g/mol. The predicted molar refractivity (Wildman–Crippen MR) is 128 cm³/mol. The Hall–Kier alpha value is -2.94. The Morgan fingerprint density at radius 1 is 1.15 bits per heavy atom. The minimum atomic E-state index is -3.51. The molecule has 8 nitrogen and oxygen atoms in total. The molecule has 0 spiro atoms. The molecule has 1 aliphatic rings. The van der Waals surface area contributed by atoms with Gasteiger partial charge in [0.25, 0.3) is 0 Å². The Balaban J connectivity index is 1.66. The molecule has 0 radical (unpaired) electrons. The van der Waals surface area contributed by atoms with E-state index in [1.54, 1.807) is 31.4 Å². The Bertz CT molecular complexity index is 1100. The van der Waals surface area contributed by atoms with Crippen LogP contribution in [0.1, 0.15) is 44.7 Å². The lowest BCUT2D eigenvalue weighted by Crippen LogP contribution is -2.41. The van der Waals surface area contributed by atoms with Gasteiger partial charge in [0.2, 0.25) is 15.9 Å². The first kappa shape index (κ1) is 24.7. The lowest BCUT2D eigenvalue weighted by molar-refractivity contribution is -0.122. The number of sulfonamides is 1. The molecule has 1 N–H and O–H groups in total. The molecule has 180 valence electrons. The molecular formula is C24H32N2O6S. The van der Waals surface area contributed by atoms with Crippen molar-refractivity contribution in [2.75, 3.05) is 31.3 Å². The second-order valence-electron chi connectivity index (χ2n) is 8.73. The maximum absolute atomic E-state index is 12.8. The number of nitrogens with zero attached hydrogens (tertiary/aromatic N) is 1. The van der Waals surface area contributed by atoms with Crippen molar-refractivity contribution in [3.8, 4) is 17.2 Å². The number of amides is 1. The molecule has 33 heavy (non-hydrogen) atoms. The fourth-order valence-corrected chi connectivity index (χ4v) is 4.95. The number of benzene rings is 2. The topological polar surface area (TPSA) is 94.2 Å². The number of rotatable bonds is 9. The zero-order valence-corrected chi connectivity index (χ0v) is 20.6. The van der Waals surface area contributed by atoms with Crippen molar-refractivity contribution >= 4 is 21.6 Å². The van der Waals surface area contributed by atoms with Gasteiger partial charge in [-0.3, -0.25) is 9.10 Å². The summed E-state index contributed by atoms with van der Waals surface area (Å²) < 4.78 is 42.6. The predicted octanol–water partition coefficient (Wildman–Crippen LogP) is 3.67. The third-order valence-corrected chi connectivity index (χ3v) is 6.71. The van der Waals surface area contributed by atoms with Crippen molar-refractivity contribution in [3.63, 3.8) is 0 Å². The number of nitrogens with one attached hydrogen (secondary N) is 1. The van der Waals surface area contributed by atoms with Crippen molar-refractivity contribution in [3.05, 3.63) is 48.0 Å². The first-order valence-electron chi connectivity index (χ1n) is 10.8. The van der Waals surface area contributed by atoms with E-state index < -0.39 is 15.6 Å². The van der Waals surface area contributed by atoms with Crippen LogP contribution < -0.4 is 23.8 Å². The number of carbonyl (C=O) groups excluding carboxylic acids is 1. The van der Waals surface area contributed by atoms with E-state index in [0.717, 1.165) is 11.8 Å². The minimum Gasteiger partial charge on any atom is -0.497 e. The highest BCUT2D eigenvalue weighted by molar-refractivity contribution is 7.92. The van der Waals surface area contributed by atoms with Gasteiger partial charge in [-0.1, -0.05) is 6.07 Å². The highest BCUT2D eigenvalue weighted by Crippen LogP contribution is 2.41. The molecule has 1 unspecified atom stereocenters. The normalized spacial score (nSPS) is 16.8. The molecule has 0 saturated carbocycles. The van der Waals surface area contributed by atoms with Crippen molar-refractivity contribution in [2.24, 2.45) is 0 Å². The fraction of sp³-hybridized carbons (Fsp3) is 0.458. The van der Waals surface area contributed by atoms with E-state index in [9.17, 15) is 13.2 Å². The summed E-state index contributed by atoms with van der Waals surface area (Å²) in [6, 6.07) is 12.2. The number of carbonyl (C=O) groups is 1. The second-order valence-corrected chi connectivity index (χ2v) is 10.6. The van der Waals surface area contributed by atoms with Crippen LogP contribution in [0.4, 0.5) is 5.69 Å². The fourth-order valence-electron chi connectivity index (χ4n) is 3.99. The quantitative estimate of drug-likeness (QED) is 0.594. The number of anilines is 1. The van der Waals surface area contributed by atoms with Gasteiger partial charge in [-0.05, 0) is 44.5 Å². The molecule has 0 fully saturated rings. The van der Waals surface area contributed by atoms with E-state index in [0.29, 0.717) is 35.8 Å². The van der Waals surface area contributed by atoms with E-state index in [1.165, 1.54) is 11.4 Å². The molecule has 1 atom stereocenters. The molecule has 0 aliphatic carbocycles. The van der Waals surface area contributed by atoms with Gasteiger partial charge in [0.05, 0.1) is 32.2 Å². The van der Waals surface area contributed by atoms with Crippen LogP contribution >= 0.6 is 0 Å². The first-order chi connectivity index (χ1) is 15.5. The van der Waals surface area contributed by atoms with E-state index in [2.05, 4.69) is 5.32 Å². The van der Waals surface area contributed by atoms with Crippen LogP contribution in [0.5, 0.6) is 17.2 Å². The largest absolute Gasteiger partial charge is 0.497 e. The zero-order valence-electron chi connectivity index (χ0n) is 19.8. The van der Waals surface area contributed by atoms with Crippen molar-refractivity contribution in [1.82, 2.24) is 5.32 Å². The minimum absolute atomic E-state index is 0.140. The molecular weight excluding hydrogens is 444 g/mol. The molecule has 1 aliphatic heterocycles. The molecule has 0 saturated heterocycles. The Kier molecular flexibility index (Phi) is 7.41. The van der Waals surface area contributed by atoms with Crippen LogP contribution in [0.25, 0.3) is 0 Å². The Morgan fingerprint density at radius 3 is 2.52 bits per heavy atom. The van der Waals surface area contributed by atoms with Gasteiger partial charge in [0.1, 0.15) is 22.8 Å². The van der Waals surface area contributed by atoms with Gasteiger partial charge < -0.3 is 19.5 Å². The van der Waals surface area contributed by atoms with Gasteiger partial charge in [-0.15, -0.1) is 0 Å². The molecule has 9 heteroatoms. The van der Waals surface area contributed by atoms with Crippen LogP contribution in [-0.4, -0.2) is 46.9 Å². The number of hydrogen-bond acceptors (Lipinski definition) is 6. The van der Waals surface area contributed by atoms with Gasteiger partial charge >= 0.3 is 0 Å². The second kappa shape index (κ2) is 9.91. The molecule has 1 amide bonds. The molecule has 1 heterocycles. The summed E-state index contributed by atoms with van der Waals surface area (Å²) in [4.78, 5) is 12.8. The van der Waals surface area contributed by atoms with Crippen molar-refractivity contribution in [1.29, 1.82) is 0 Å². The maximum Gasteiger partial charge on any atom is 0.232 e. The van der Waals surface area contributed by atoms with E-state index in [1.807, 2.05) is 32.0 Å². The molecule has 0 aromatic heterocycles. The molecule has 2 aromatic rings. The van der Waals surface area contributed by atoms with Gasteiger partial charge in [-0.25, -0.2) is 8.42 Å². The summed E-state index contributed by atoms with van der Waals surface area (Å²) in [5, 5.41) is 3.09. The first-order valence-corrected chi connectivity index (χ1v) is 12.7. The zero-order chi connectivity index (χ0) is 24.2. The number of methoxy groups -OCH3 is 2. The lowest BCUT2D eigenvalue weighted by Gasteiger charge is -2.38. The standard InChI is InChI=1S/C24H32N2O6S/c1-24(2)16-21(20-12-11-19(31-4)15-22(20)32-24)25-23(27)10-7-13-26(33(5,28)29)17-8-6-9-18(14-17)30-3/h6,8-9,11-12,14-15,21H,7,10,13,16H2,1-5H3,(H,25,27). The van der Waals surface area contributed by atoms with E-state index in [4.69, 9.17) is 14.2 Å². The summed E-state index contributed by atoms with van der Waals surface area (Å²) in [5.41, 5.74) is 0.959. The van der Waals surface area contributed by atoms with Crippen LogP contribution in [0.15, 0.2) is 42.5 Å². The summed E-state index contributed by atoms with van der Waals surface area (Å²) in [5.74, 6) is 1.81. The van der Waals surface area contributed by atoms with Crippen LogP contribution in [-0.2, 0) is 14.8 Å². The summed E-state index contributed by atoms with van der Waals surface area (Å²) >= 11 is 0. The van der Waals surface area contributed by atoms with Crippen LogP contribution in [0.3, 0.4) is 0 Å². The summed E-state index contributed by atoms with van der Waals surface area (Å²) in [6.45, 7) is 4.14. The molecule has 0 bridgehead atoms. The van der Waals surface area contributed by atoms with Crippen molar-refractivity contribution in [2.45, 2.75) is 44.8 Å². The van der Waals surface area contributed by atoms with Crippen LogP contribution in [0.2, 0.25) is 0 Å². The van der Waals surface area contributed by atoms with Gasteiger partial charge in [0.15, 0.2) is 0 Å². The third kappa shape index (κ3) is 6.31. The number of ether oxygens (including phenoxy) is 3. The number of fused-ring (bicyclic) bond motifs is 1. The molecule has 2 aromatic carbocycles. The Morgan fingerprint density at radius 2 is 1.85 bits per heavy atom. The molecule has 3 rings (SSSR count). The van der Waals surface area contributed by atoms with Gasteiger partial charge in [0, 0.05) is 37.1 Å². The van der Waals surface area contributed by atoms with Crippen molar-refractivity contribution < 1.29 is 27.4 Å². The average Bonchev–Trinajstić information content (AvgIpc) is 2.74. The Labute approximate surface area is 195 Å². The third-order valence-electron chi connectivity index (χ3n) is 5.52. The average molecular weight is 477 g/mol. The maximum atomic E-state index is 12.8. The lowest BCUT2D eigenvalue weighted by atomic mass is 9.89. The van der Waals surface area contributed by atoms with E-state index in [-0.39, 0.29) is 24.9 Å². The number of hydrogen-bond donors (Lipinski definition) is 1. The summed E-state index contributed by atoms with van der Waals surface area (Å²) in [7, 11) is -0.387. The SMILES string of the molecule is COc1cccc(N(CCCC(=O)NC2CC(C)(C)Oc3cc(OC)ccc32)S(C)(=O)=O)c1. The smallest absolute Gasteiger partial charge is 0.232 e. The highest BCUT2D eigenvalue weighted by atomic mass is 32.2. The highest BCUT2D eigenvalue weighted by Gasteiger charge is 2.34. The summed E-state index contributed by atoms with van der Waals surface area (Å²) in [6.07, 6.45) is 2.34. The van der Waals surface area contributed by atoms with Crippen LogP contribution in [0, 0.1) is 0 Å².